The Morgan fingerprint density at radius 1 is 1.33 bits per heavy atom. The van der Waals surface area contributed by atoms with Crippen molar-refractivity contribution < 1.29 is 14.0 Å². The second-order valence-electron chi connectivity index (χ2n) is 7.05. The SMILES string of the molecule is Cc1ncsc1C(=O)N([C@@H]1CCc2c(F)cc(Cl)cc21)[C@@H](C(N)=O)c1ccccn1. The van der Waals surface area contributed by atoms with Gasteiger partial charge in [-0.2, -0.15) is 0 Å². The third-order valence-corrected chi connectivity index (χ3v) is 6.38. The van der Waals surface area contributed by atoms with Crippen molar-refractivity contribution in [3.63, 3.8) is 0 Å². The minimum Gasteiger partial charge on any atom is -0.368 e. The van der Waals surface area contributed by atoms with E-state index in [0.717, 1.165) is 0 Å². The number of hydrogen-bond donors (Lipinski definition) is 1. The highest BCUT2D eigenvalue weighted by Gasteiger charge is 2.41. The predicted octanol–water partition coefficient (Wildman–Crippen LogP) is 4.00. The lowest BCUT2D eigenvalue weighted by Crippen LogP contribution is -2.43. The molecule has 154 valence electrons. The molecule has 6 nitrogen and oxygen atoms in total. The van der Waals surface area contributed by atoms with Crippen LogP contribution in [0.4, 0.5) is 4.39 Å². The summed E-state index contributed by atoms with van der Waals surface area (Å²) in [6.07, 6.45) is 2.39. The number of thiazole rings is 1. The highest BCUT2D eigenvalue weighted by molar-refractivity contribution is 7.11. The Bertz CT molecular complexity index is 1120. The largest absolute Gasteiger partial charge is 0.368 e. The van der Waals surface area contributed by atoms with Gasteiger partial charge in [-0.1, -0.05) is 17.7 Å². The summed E-state index contributed by atoms with van der Waals surface area (Å²) in [5, 5.41) is 0.230. The molecular formula is C21H18ClFN4O2S. The van der Waals surface area contributed by atoms with Gasteiger partial charge in [0, 0.05) is 11.2 Å². The van der Waals surface area contributed by atoms with E-state index in [1.807, 2.05) is 0 Å². The first-order chi connectivity index (χ1) is 14.4. The van der Waals surface area contributed by atoms with Crippen LogP contribution in [-0.4, -0.2) is 26.7 Å². The normalized spacial score (nSPS) is 16.2. The van der Waals surface area contributed by atoms with Crippen molar-refractivity contribution in [3.05, 3.63) is 80.3 Å². The van der Waals surface area contributed by atoms with Crippen molar-refractivity contribution in [1.29, 1.82) is 0 Å². The number of fused-ring (bicyclic) bond motifs is 1. The molecule has 0 fully saturated rings. The fraction of sp³-hybridized carbons (Fsp3) is 0.238. The van der Waals surface area contributed by atoms with Crippen molar-refractivity contribution in [3.8, 4) is 0 Å². The molecule has 2 amide bonds. The number of hydrogen-bond acceptors (Lipinski definition) is 5. The molecule has 3 aromatic rings. The Hall–Kier alpha value is -2.84. The van der Waals surface area contributed by atoms with E-state index >= 15 is 0 Å². The predicted molar refractivity (Wildman–Crippen MR) is 112 cm³/mol. The van der Waals surface area contributed by atoms with Crippen LogP contribution in [-0.2, 0) is 11.2 Å². The molecule has 1 aliphatic rings. The highest BCUT2D eigenvalue weighted by Crippen LogP contribution is 2.43. The van der Waals surface area contributed by atoms with Gasteiger partial charge in [0.25, 0.3) is 5.91 Å². The Labute approximate surface area is 181 Å². The first kappa shape index (κ1) is 20.4. The van der Waals surface area contributed by atoms with Crippen LogP contribution in [0.5, 0.6) is 0 Å². The summed E-state index contributed by atoms with van der Waals surface area (Å²) >= 11 is 7.29. The average molecular weight is 445 g/mol. The summed E-state index contributed by atoms with van der Waals surface area (Å²) in [4.78, 5) is 36.4. The second kappa shape index (κ2) is 8.12. The minimum atomic E-state index is -1.13. The minimum absolute atomic E-state index is 0.230. The number of nitrogens with two attached hydrogens (primary N) is 1. The molecule has 1 aliphatic carbocycles. The molecule has 0 unspecified atom stereocenters. The number of primary amides is 1. The van der Waals surface area contributed by atoms with Crippen LogP contribution in [0.25, 0.3) is 0 Å². The van der Waals surface area contributed by atoms with Gasteiger partial charge < -0.3 is 10.6 Å². The Morgan fingerprint density at radius 2 is 2.13 bits per heavy atom. The number of aryl methyl sites for hydroxylation is 1. The molecule has 0 saturated carbocycles. The standard InChI is InChI=1S/C21H18ClFN4O2S/c1-11-19(30-10-26-11)21(29)27(18(20(24)28)16-4-2-3-7-25-16)17-6-5-13-14(17)8-12(22)9-15(13)23/h2-4,7-10,17-18H,5-6H2,1H3,(H2,24,28)/t17-,18-/m1/s1. The molecule has 30 heavy (non-hydrogen) atoms. The van der Waals surface area contributed by atoms with Gasteiger partial charge in [-0.05, 0) is 55.2 Å². The van der Waals surface area contributed by atoms with E-state index in [1.54, 1.807) is 36.7 Å². The number of rotatable bonds is 5. The molecule has 0 saturated heterocycles. The van der Waals surface area contributed by atoms with Gasteiger partial charge in [0.05, 0.1) is 22.9 Å². The van der Waals surface area contributed by atoms with Crippen LogP contribution in [0.2, 0.25) is 5.02 Å². The number of carbonyl (C=O) groups excluding carboxylic acids is 2. The summed E-state index contributed by atoms with van der Waals surface area (Å²) in [5.74, 6) is -1.54. The van der Waals surface area contributed by atoms with Crippen molar-refractivity contribution in [2.24, 2.45) is 5.73 Å². The molecule has 0 aliphatic heterocycles. The summed E-state index contributed by atoms with van der Waals surface area (Å²) < 4.78 is 14.5. The maximum Gasteiger partial charge on any atom is 0.267 e. The van der Waals surface area contributed by atoms with Crippen LogP contribution in [0, 0.1) is 12.7 Å². The Kier molecular flexibility index (Phi) is 5.53. The number of halogens is 2. The molecular weight excluding hydrogens is 427 g/mol. The van der Waals surface area contributed by atoms with E-state index in [2.05, 4.69) is 9.97 Å². The summed E-state index contributed by atoms with van der Waals surface area (Å²) in [7, 11) is 0. The van der Waals surface area contributed by atoms with E-state index in [-0.39, 0.29) is 5.02 Å². The maximum atomic E-state index is 14.5. The molecule has 9 heteroatoms. The lowest BCUT2D eigenvalue weighted by Gasteiger charge is -2.35. The first-order valence-electron chi connectivity index (χ1n) is 9.29. The molecule has 2 atom stereocenters. The van der Waals surface area contributed by atoms with Gasteiger partial charge in [0.1, 0.15) is 10.7 Å². The van der Waals surface area contributed by atoms with Gasteiger partial charge in [0.2, 0.25) is 5.91 Å². The second-order valence-corrected chi connectivity index (χ2v) is 8.34. The van der Waals surface area contributed by atoms with Crippen LogP contribution in [0.3, 0.4) is 0 Å². The van der Waals surface area contributed by atoms with Crippen LogP contribution >= 0.6 is 22.9 Å². The average Bonchev–Trinajstić information content (AvgIpc) is 3.32. The first-order valence-corrected chi connectivity index (χ1v) is 10.5. The molecule has 2 heterocycles. The summed E-state index contributed by atoms with van der Waals surface area (Å²) in [6, 6.07) is 6.27. The zero-order valence-corrected chi connectivity index (χ0v) is 17.6. The van der Waals surface area contributed by atoms with E-state index in [9.17, 15) is 14.0 Å². The third kappa shape index (κ3) is 3.57. The lowest BCUT2D eigenvalue weighted by atomic mass is 10.0. The zero-order valence-electron chi connectivity index (χ0n) is 16.0. The van der Waals surface area contributed by atoms with Crippen LogP contribution in [0.15, 0.2) is 42.0 Å². The zero-order chi connectivity index (χ0) is 21.4. The summed E-state index contributed by atoms with van der Waals surface area (Å²) in [6.45, 7) is 1.72. The molecule has 0 radical (unpaired) electrons. The number of amides is 2. The van der Waals surface area contributed by atoms with Crippen molar-refractivity contribution in [1.82, 2.24) is 14.9 Å². The van der Waals surface area contributed by atoms with Crippen molar-refractivity contribution >= 4 is 34.8 Å². The van der Waals surface area contributed by atoms with Crippen molar-refractivity contribution in [2.45, 2.75) is 31.8 Å². The third-order valence-electron chi connectivity index (χ3n) is 5.25. The van der Waals surface area contributed by atoms with Crippen molar-refractivity contribution in [2.75, 3.05) is 0 Å². The molecule has 0 bridgehead atoms. The molecule has 1 aromatic carbocycles. The number of carbonyl (C=O) groups is 2. The Morgan fingerprint density at radius 3 is 2.77 bits per heavy atom. The number of nitrogens with zero attached hydrogens (tertiary/aromatic N) is 3. The maximum absolute atomic E-state index is 14.5. The number of pyridine rings is 1. The Balaban J connectivity index is 1.89. The lowest BCUT2D eigenvalue weighted by molar-refractivity contribution is -0.123. The van der Waals surface area contributed by atoms with Gasteiger partial charge >= 0.3 is 0 Å². The topological polar surface area (TPSA) is 89.2 Å². The number of aromatic nitrogens is 2. The van der Waals surface area contributed by atoms with E-state index in [1.165, 1.54) is 28.5 Å². The highest BCUT2D eigenvalue weighted by atomic mass is 35.5. The van der Waals surface area contributed by atoms with Gasteiger partial charge in [-0.25, -0.2) is 9.37 Å². The monoisotopic (exact) mass is 444 g/mol. The summed E-state index contributed by atoms with van der Waals surface area (Å²) in [5.41, 5.74) is 9.30. The van der Waals surface area contributed by atoms with Crippen LogP contribution < -0.4 is 5.73 Å². The van der Waals surface area contributed by atoms with E-state index < -0.39 is 29.7 Å². The fourth-order valence-corrected chi connectivity index (χ4v) is 4.90. The quantitative estimate of drug-likeness (QED) is 0.644. The van der Waals surface area contributed by atoms with Crippen LogP contribution in [0.1, 0.15) is 50.7 Å². The number of benzene rings is 1. The molecule has 4 rings (SSSR count). The smallest absolute Gasteiger partial charge is 0.267 e. The van der Waals surface area contributed by atoms with Gasteiger partial charge in [-0.15, -0.1) is 11.3 Å². The fourth-order valence-electron chi connectivity index (χ4n) is 3.94. The molecule has 2 aromatic heterocycles. The van der Waals surface area contributed by atoms with E-state index in [0.29, 0.717) is 40.2 Å². The van der Waals surface area contributed by atoms with Gasteiger partial charge in [-0.3, -0.25) is 14.6 Å². The molecule has 0 spiro atoms. The van der Waals surface area contributed by atoms with Gasteiger partial charge in [0.15, 0.2) is 6.04 Å². The van der Waals surface area contributed by atoms with E-state index in [4.69, 9.17) is 17.3 Å². The molecule has 2 N–H and O–H groups in total.